The van der Waals surface area contributed by atoms with Crippen LogP contribution in [0.4, 0.5) is 5.13 Å². The molecule has 0 aliphatic carbocycles. The summed E-state index contributed by atoms with van der Waals surface area (Å²) in [7, 11) is -3.50. The highest BCUT2D eigenvalue weighted by atomic mass is 32.3. The number of hydrogen-bond donors (Lipinski definition) is 4. The molecule has 1 aromatic rings. The lowest BCUT2D eigenvalue weighted by atomic mass is 10.4. The molecule has 1 aromatic heterocycles. The maximum Gasteiger partial charge on any atom is 0.378 e. The minimum atomic E-state index is -3.50. The van der Waals surface area contributed by atoms with Crippen LogP contribution in [0, 0.1) is 0 Å². The van der Waals surface area contributed by atoms with Gasteiger partial charge in [0.1, 0.15) is 10.9 Å². The predicted molar refractivity (Wildman–Crippen MR) is 57.5 cm³/mol. The van der Waals surface area contributed by atoms with Crippen LogP contribution in [-0.4, -0.2) is 41.6 Å². The van der Waals surface area contributed by atoms with Crippen molar-refractivity contribution in [2.75, 3.05) is 12.0 Å². The second-order valence-electron chi connectivity index (χ2n) is 2.54. The number of rotatable bonds is 3. The van der Waals surface area contributed by atoms with Gasteiger partial charge in [-0.3, -0.25) is 9.11 Å². The van der Waals surface area contributed by atoms with E-state index >= 15 is 0 Å². The largest absolute Gasteiger partial charge is 0.410 e. The van der Waals surface area contributed by atoms with E-state index in [4.69, 9.17) is 20.0 Å². The molecule has 0 spiro atoms. The van der Waals surface area contributed by atoms with Gasteiger partial charge >= 0.3 is 5.97 Å². The standard InChI is InChI=1S/C5H8N4O5S2/c1-16(12,13)14-4(10)2(8-11)3-7-5(6)15-9-3/h11-13H,1H3,(H2,6,7,9)/b8-2-. The van der Waals surface area contributed by atoms with Gasteiger partial charge in [-0.1, -0.05) is 5.16 Å². The van der Waals surface area contributed by atoms with Crippen LogP contribution in [0.25, 0.3) is 0 Å². The Hall–Kier alpha value is -1.43. The molecular formula is C5H8N4O5S2. The molecule has 0 fully saturated rings. The third kappa shape index (κ3) is 3.30. The van der Waals surface area contributed by atoms with Gasteiger partial charge in [0.2, 0.25) is 11.5 Å². The summed E-state index contributed by atoms with van der Waals surface area (Å²) in [4.78, 5) is 14.8. The second kappa shape index (κ2) is 4.61. The molecule has 11 heteroatoms. The summed E-state index contributed by atoms with van der Waals surface area (Å²) in [5.41, 5.74) is 4.60. The molecule has 1 rings (SSSR count). The van der Waals surface area contributed by atoms with Crippen molar-refractivity contribution in [2.24, 2.45) is 5.16 Å². The van der Waals surface area contributed by atoms with Crippen LogP contribution in [0.3, 0.4) is 0 Å². The van der Waals surface area contributed by atoms with Crippen molar-refractivity contribution in [3.63, 3.8) is 0 Å². The van der Waals surface area contributed by atoms with Gasteiger partial charge in [-0.05, 0) is 0 Å². The van der Waals surface area contributed by atoms with Gasteiger partial charge in [0, 0.05) is 17.8 Å². The average molecular weight is 268 g/mol. The third-order valence-electron chi connectivity index (χ3n) is 1.18. The zero-order valence-corrected chi connectivity index (χ0v) is 9.53. The topological polar surface area (TPSA) is 151 Å². The van der Waals surface area contributed by atoms with Crippen molar-refractivity contribution in [3.05, 3.63) is 5.82 Å². The average Bonchev–Trinajstić information content (AvgIpc) is 2.49. The highest BCUT2D eigenvalue weighted by Gasteiger charge is 2.26. The monoisotopic (exact) mass is 268 g/mol. The summed E-state index contributed by atoms with van der Waals surface area (Å²) in [6.45, 7) is 0. The fraction of sp³-hybridized carbons (Fsp3) is 0.200. The Morgan fingerprint density at radius 3 is 2.62 bits per heavy atom. The first-order valence-electron chi connectivity index (χ1n) is 3.62. The van der Waals surface area contributed by atoms with Crippen molar-refractivity contribution < 1.29 is 23.3 Å². The molecular weight excluding hydrogens is 260 g/mol. The van der Waals surface area contributed by atoms with Crippen LogP contribution in [0.5, 0.6) is 0 Å². The molecule has 0 radical (unpaired) electrons. The van der Waals surface area contributed by atoms with Gasteiger partial charge in [0.05, 0.1) is 0 Å². The quantitative estimate of drug-likeness (QED) is 0.343. The van der Waals surface area contributed by atoms with Crippen LogP contribution in [0.15, 0.2) is 5.16 Å². The molecule has 0 saturated carbocycles. The van der Waals surface area contributed by atoms with Crippen LogP contribution in [0.1, 0.15) is 5.82 Å². The molecule has 1 heterocycles. The molecule has 0 saturated heterocycles. The number of aromatic nitrogens is 2. The van der Waals surface area contributed by atoms with Crippen LogP contribution in [-0.2, 0) is 8.98 Å². The third-order valence-corrected chi connectivity index (χ3v) is 2.19. The van der Waals surface area contributed by atoms with E-state index < -0.39 is 22.6 Å². The smallest absolute Gasteiger partial charge is 0.378 e. The molecule has 9 nitrogen and oxygen atoms in total. The summed E-state index contributed by atoms with van der Waals surface area (Å²) < 4.78 is 25.6. The molecule has 0 bridgehead atoms. The van der Waals surface area contributed by atoms with E-state index in [9.17, 15) is 4.79 Å². The van der Waals surface area contributed by atoms with Gasteiger partial charge in [-0.2, -0.15) is 9.36 Å². The Labute approximate surface area is 95.3 Å². The summed E-state index contributed by atoms with van der Waals surface area (Å²) in [6.07, 6.45) is 0.892. The molecule has 0 amide bonds. The van der Waals surface area contributed by atoms with Crippen molar-refractivity contribution in [2.45, 2.75) is 0 Å². The first-order valence-corrected chi connectivity index (χ1v) is 6.27. The first-order chi connectivity index (χ1) is 7.33. The molecule has 5 N–H and O–H groups in total. The SMILES string of the molecule is CS(O)(O)OC(=O)/C(=N\O)c1nsc(N)n1. The molecule has 16 heavy (non-hydrogen) atoms. The van der Waals surface area contributed by atoms with Gasteiger partial charge in [0.25, 0.3) is 0 Å². The second-order valence-corrected chi connectivity index (χ2v) is 5.01. The van der Waals surface area contributed by atoms with E-state index in [1.807, 2.05) is 0 Å². The van der Waals surface area contributed by atoms with E-state index in [2.05, 4.69) is 18.7 Å². The van der Waals surface area contributed by atoms with Crippen LogP contribution in [0.2, 0.25) is 0 Å². The summed E-state index contributed by atoms with van der Waals surface area (Å²) >= 11 is 0.782. The van der Waals surface area contributed by atoms with Gasteiger partial charge < -0.3 is 15.1 Å². The number of oxime groups is 1. The zero-order chi connectivity index (χ0) is 12.3. The summed E-state index contributed by atoms with van der Waals surface area (Å²) in [6, 6.07) is 0. The number of carbonyl (C=O) groups is 1. The molecule has 0 aliphatic heterocycles. The minimum Gasteiger partial charge on any atom is -0.410 e. The fourth-order valence-corrected chi connectivity index (χ4v) is 1.49. The predicted octanol–water partition coefficient (Wildman–Crippen LogP) is 0.137. The number of anilines is 1. The Morgan fingerprint density at radius 1 is 1.62 bits per heavy atom. The first kappa shape index (κ1) is 12.6. The number of carbonyl (C=O) groups excluding carboxylic acids is 1. The normalized spacial score (nSPS) is 13.6. The van der Waals surface area contributed by atoms with E-state index in [1.165, 1.54) is 0 Å². The maximum atomic E-state index is 11.3. The van der Waals surface area contributed by atoms with Gasteiger partial charge in [-0.25, -0.2) is 4.79 Å². The van der Waals surface area contributed by atoms with Crippen molar-refractivity contribution in [1.82, 2.24) is 9.36 Å². The van der Waals surface area contributed by atoms with Crippen LogP contribution >= 0.6 is 22.4 Å². The van der Waals surface area contributed by atoms with Gasteiger partial charge in [0.15, 0.2) is 5.13 Å². The highest BCUT2D eigenvalue weighted by Crippen LogP contribution is 2.34. The van der Waals surface area contributed by atoms with Crippen LogP contribution < -0.4 is 5.73 Å². The van der Waals surface area contributed by atoms with Gasteiger partial charge in [-0.15, -0.1) is 0 Å². The lowest BCUT2D eigenvalue weighted by molar-refractivity contribution is -0.127. The Kier molecular flexibility index (Phi) is 3.64. The maximum absolute atomic E-state index is 11.3. The Bertz CT molecular complexity index is 425. The molecule has 0 aliphatic rings. The lowest BCUT2D eigenvalue weighted by Crippen LogP contribution is -2.21. The molecule has 90 valence electrons. The fourth-order valence-electron chi connectivity index (χ4n) is 0.691. The minimum absolute atomic E-state index is 0.0621. The number of hydrogen-bond acceptors (Lipinski definition) is 10. The summed E-state index contributed by atoms with van der Waals surface area (Å²) in [5.74, 6) is -1.51. The van der Waals surface area contributed by atoms with E-state index in [0.717, 1.165) is 17.8 Å². The van der Waals surface area contributed by atoms with E-state index in [0.29, 0.717) is 0 Å². The molecule has 0 unspecified atom stereocenters. The number of nitrogens with two attached hydrogens (primary N) is 1. The highest BCUT2D eigenvalue weighted by molar-refractivity contribution is 8.19. The molecule has 0 atom stereocenters. The Morgan fingerprint density at radius 2 is 2.25 bits per heavy atom. The zero-order valence-electron chi connectivity index (χ0n) is 7.89. The van der Waals surface area contributed by atoms with Crippen molar-refractivity contribution in [1.29, 1.82) is 0 Å². The lowest BCUT2D eigenvalue weighted by Gasteiger charge is -2.19. The number of nitrogens with zero attached hydrogens (tertiary/aromatic N) is 3. The van der Waals surface area contributed by atoms with Crippen molar-refractivity contribution in [3.8, 4) is 0 Å². The van der Waals surface area contributed by atoms with E-state index in [-0.39, 0.29) is 11.0 Å². The summed E-state index contributed by atoms with van der Waals surface area (Å²) in [5, 5.41) is 11.3. The van der Waals surface area contributed by atoms with Crippen molar-refractivity contribution >= 4 is 39.2 Å². The number of nitrogen functional groups attached to an aromatic ring is 1. The molecule has 0 aromatic carbocycles. The van der Waals surface area contributed by atoms with E-state index in [1.54, 1.807) is 0 Å². The Balaban J connectivity index is 2.89.